The van der Waals surface area contributed by atoms with Crippen molar-refractivity contribution >= 4 is 63.0 Å². The molecule has 1 N–H and O–H groups in total. The number of hydrogen-bond donors (Lipinski definition) is 1. The standard InChI is InChI=1S/C26H25N3O4S2/c1-15-9-10-17(12-16(15)2)27-21(30)14-28-20-8-4-3-7-19(20)22(24(28)31)23-25(32)29(26(34)35-23)13-18-6-5-11-33-18/h3-4,7-10,12,18H,5-6,11,13-14H2,1-2H3,(H,27,30)/b23-22-. The van der Waals surface area contributed by atoms with E-state index in [9.17, 15) is 14.4 Å². The average Bonchev–Trinajstić information content (AvgIpc) is 3.51. The number of carbonyl (C=O) groups excluding carboxylic acids is 3. The molecule has 9 heteroatoms. The molecule has 3 aliphatic rings. The number of carbonyl (C=O) groups is 3. The van der Waals surface area contributed by atoms with E-state index in [2.05, 4.69) is 5.32 Å². The summed E-state index contributed by atoms with van der Waals surface area (Å²) in [4.78, 5) is 43.0. The zero-order valence-electron chi connectivity index (χ0n) is 19.5. The van der Waals surface area contributed by atoms with Crippen LogP contribution in [-0.4, -0.2) is 52.7 Å². The second-order valence-corrected chi connectivity index (χ2v) is 10.5. The SMILES string of the molecule is Cc1ccc(NC(=O)CN2C(=O)/C(=C3\SC(=S)N(CC4CCCO4)C3=O)c3ccccc32)cc1C. The summed E-state index contributed by atoms with van der Waals surface area (Å²) in [6.07, 6.45) is 1.80. The molecule has 0 bridgehead atoms. The maximum Gasteiger partial charge on any atom is 0.267 e. The number of nitrogens with one attached hydrogen (secondary N) is 1. The first-order valence-electron chi connectivity index (χ1n) is 11.5. The lowest BCUT2D eigenvalue weighted by atomic mass is 10.1. The average molecular weight is 508 g/mol. The van der Waals surface area contributed by atoms with Gasteiger partial charge in [-0.25, -0.2) is 0 Å². The number of ether oxygens (including phenoxy) is 1. The molecule has 35 heavy (non-hydrogen) atoms. The maximum atomic E-state index is 13.6. The van der Waals surface area contributed by atoms with Crippen LogP contribution in [0.15, 0.2) is 47.4 Å². The van der Waals surface area contributed by atoms with Gasteiger partial charge in [-0.1, -0.05) is 48.2 Å². The number of hydrogen-bond acceptors (Lipinski definition) is 6. The number of fused-ring (bicyclic) bond motifs is 1. The van der Waals surface area contributed by atoms with Gasteiger partial charge in [-0.3, -0.25) is 24.2 Å². The van der Waals surface area contributed by atoms with Crippen LogP contribution >= 0.6 is 24.0 Å². The van der Waals surface area contributed by atoms with Crippen molar-refractivity contribution in [1.29, 1.82) is 0 Å². The van der Waals surface area contributed by atoms with Crippen LogP contribution in [0, 0.1) is 13.8 Å². The molecule has 7 nitrogen and oxygen atoms in total. The third kappa shape index (κ3) is 4.51. The third-order valence-corrected chi connectivity index (χ3v) is 7.95. The molecule has 0 aliphatic carbocycles. The van der Waals surface area contributed by atoms with Crippen molar-refractivity contribution in [2.45, 2.75) is 32.8 Å². The highest BCUT2D eigenvalue weighted by molar-refractivity contribution is 8.26. The second kappa shape index (κ2) is 9.56. The number of thioether (sulfide) groups is 1. The summed E-state index contributed by atoms with van der Waals surface area (Å²) in [7, 11) is 0. The Morgan fingerprint density at radius 3 is 2.66 bits per heavy atom. The van der Waals surface area contributed by atoms with E-state index in [1.165, 1.54) is 9.80 Å². The van der Waals surface area contributed by atoms with Crippen LogP contribution in [-0.2, 0) is 19.1 Å². The molecule has 2 aromatic carbocycles. The molecule has 2 saturated heterocycles. The van der Waals surface area contributed by atoms with Crippen LogP contribution in [0.1, 0.15) is 29.5 Å². The molecule has 1 unspecified atom stereocenters. The molecule has 5 rings (SSSR count). The fourth-order valence-electron chi connectivity index (χ4n) is 4.52. The van der Waals surface area contributed by atoms with Gasteiger partial charge < -0.3 is 10.1 Å². The number of amides is 3. The zero-order chi connectivity index (χ0) is 24.7. The summed E-state index contributed by atoms with van der Waals surface area (Å²) in [5.41, 5.74) is 4.41. The van der Waals surface area contributed by atoms with Gasteiger partial charge in [0, 0.05) is 17.9 Å². The number of aryl methyl sites for hydroxylation is 2. The Morgan fingerprint density at radius 1 is 1.11 bits per heavy atom. The van der Waals surface area contributed by atoms with Crippen molar-refractivity contribution in [3.05, 3.63) is 64.1 Å². The highest BCUT2D eigenvalue weighted by Crippen LogP contribution is 2.44. The van der Waals surface area contributed by atoms with E-state index < -0.39 is 0 Å². The molecular formula is C26H25N3O4S2. The van der Waals surface area contributed by atoms with E-state index in [1.807, 2.05) is 44.2 Å². The Hall–Kier alpha value is -3.01. The predicted molar refractivity (Wildman–Crippen MR) is 141 cm³/mol. The van der Waals surface area contributed by atoms with E-state index in [1.54, 1.807) is 12.1 Å². The number of anilines is 2. The number of nitrogens with zero attached hydrogens (tertiary/aromatic N) is 2. The monoisotopic (exact) mass is 507 g/mol. The summed E-state index contributed by atoms with van der Waals surface area (Å²) >= 11 is 6.62. The van der Waals surface area contributed by atoms with Crippen molar-refractivity contribution in [1.82, 2.24) is 4.90 Å². The molecule has 0 radical (unpaired) electrons. The zero-order valence-corrected chi connectivity index (χ0v) is 21.1. The fraction of sp³-hybridized carbons (Fsp3) is 0.308. The number of para-hydroxylation sites is 1. The largest absolute Gasteiger partial charge is 0.376 e. The second-order valence-electron chi connectivity index (χ2n) is 8.88. The van der Waals surface area contributed by atoms with Gasteiger partial charge in [0.05, 0.1) is 28.8 Å². The van der Waals surface area contributed by atoms with Gasteiger partial charge in [-0.2, -0.15) is 0 Å². The number of benzene rings is 2. The first-order valence-corrected chi connectivity index (χ1v) is 12.7. The van der Waals surface area contributed by atoms with E-state index >= 15 is 0 Å². The first-order chi connectivity index (χ1) is 16.8. The van der Waals surface area contributed by atoms with E-state index in [0.29, 0.717) is 44.9 Å². The van der Waals surface area contributed by atoms with Crippen LogP contribution in [0.2, 0.25) is 0 Å². The molecule has 0 saturated carbocycles. The van der Waals surface area contributed by atoms with Crippen LogP contribution in [0.4, 0.5) is 11.4 Å². The fourth-order valence-corrected chi connectivity index (χ4v) is 5.87. The molecule has 2 aromatic rings. The van der Waals surface area contributed by atoms with Crippen molar-refractivity contribution in [2.24, 2.45) is 0 Å². The predicted octanol–water partition coefficient (Wildman–Crippen LogP) is 4.04. The lowest BCUT2D eigenvalue weighted by Gasteiger charge is -2.18. The van der Waals surface area contributed by atoms with Crippen molar-refractivity contribution in [3.8, 4) is 0 Å². The normalized spacial score (nSPS) is 21.8. The molecule has 1 atom stereocenters. The molecular weight excluding hydrogens is 482 g/mol. The van der Waals surface area contributed by atoms with Crippen LogP contribution in [0.5, 0.6) is 0 Å². The summed E-state index contributed by atoms with van der Waals surface area (Å²) in [6, 6.07) is 12.9. The topological polar surface area (TPSA) is 79.0 Å². The number of thiocarbonyl (C=S) groups is 1. The quantitative estimate of drug-likeness (QED) is 0.486. The lowest BCUT2D eigenvalue weighted by Crippen LogP contribution is -2.36. The van der Waals surface area contributed by atoms with Crippen molar-refractivity contribution in [3.63, 3.8) is 0 Å². The third-order valence-electron chi connectivity index (χ3n) is 6.50. The minimum absolute atomic E-state index is 0.0426. The van der Waals surface area contributed by atoms with Gasteiger partial charge in [0.15, 0.2) is 0 Å². The van der Waals surface area contributed by atoms with Crippen LogP contribution in [0.25, 0.3) is 5.57 Å². The molecule has 3 amide bonds. The van der Waals surface area contributed by atoms with Crippen LogP contribution in [0.3, 0.4) is 0 Å². The van der Waals surface area contributed by atoms with E-state index in [-0.39, 0.29) is 30.4 Å². The molecule has 180 valence electrons. The minimum Gasteiger partial charge on any atom is -0.376 e. The highest BCUT2D eigenvalue weighted by Gasteiger charge is 2.43. The molecule has 3 aliphatic heterocycles. The molecule has 0 spiro atoms. The first kappa shape index (κ1) is 23.7. The molecule has 0 aromatic heterocycles. The maximum absolute atomic E-state index is 13.6. The van der Waals surface area contributed by atoms with E-state index in [4.69, 9.17) is 17.0 Å². The summed E-state index contributed by atoms with van der Waals surface area (Å²) < 4.78 is 6.10. The van der Waals surface area contributed by atoms with Crippen molar-refractivity contribution < 1.29 is 19.1 Å². The van der Waals surface area contributed by atoms with Gasteiger partial charge in [0.2, 0.25) is 5.91 Å². The highest BCUT2D eigenvalue weighted by atomic mass is 32.2. The summed E-state index contributed by atoms with van der Waals surface area (Å²) in [5, 5.41) is 2.87. The summed E-state index contributed by atoms with van der Waals surface area (Å²) in [5.74, 6) is -0.974. The van der Waals surface area contributed by atoms with Gasteiger partial charge in [0.1, 0.15) is 10.9 Å². The minimum atomic E-state index is -0.376. The Labute approximate surface area is 213 Å². The Kier molecular flexibility index (Phi) is 6.48. The van der Waals surface area contributed by atoms with Crippen molar-refractivity contribution in [2.75, 3.05) is 29.9 Å². The van der Waals surface area contributed by atoms with Gasteiger partial charge in [0.25, 0.3) is 11.8 Å². The lowest BCUT2D eigenvalue weighted by molar-refractivity contribution is -0.123. The summed E-state index contributed by atoms with van der Waals surface area (Å²) in [6.45, 7) is 4.89. The Morgan fingerprint density at radius 2 is 1.91 bits per heavy atom. The molecule has 3 heterocycles. The van der Waals surface area contributed by atoms with Gasteiger partial charge in [-0.05, 0) is 56.0 Å². The van der Waals surface area contributed by atoms with Gasteiger partial charge >= 0.3 is 0 Å². The number of rotatable bonds is 5. The molecule has 2 fully saturated rings. The van der Waals surface area contributed by atoms with Gasteiger partial charge in [-0.15, -0.1) is 0 Å². The smallest absolute Gasteiger partial charge is 0.267 e. The van der Waals surface area contributed by atoms with E-state index in [0.717, 1.165) is 35.7 Å². The Balaban J connectivity index is 1.40. The Bertz CT molecular complexity index is 1280. The van der Waals surface area contributed by atoms with Crippen LogP contribution < -0.4 is 10.2 Å².